The first kappa shape index (κ1) is 29.1. The number of benzene rings is 1. The third kappa shape index (κ3) is 5.54. The van der Waals surface area contributed by atoms with Crippen LogP contribution in [0, 0.1) is 0 Å². The number of methoxy groups -OCH3 is 1. The number of aromatic nitrogens is 5. The quantitative estimate of drug-likeness (QED) is 0.286. The number of ether oxygens (including phenoxy) is 1. The Morgan fingerprint density at radius 2 is 1.79 bits per heavy atom. The van der Waals surface area contributed by atoms with Gasteiger partial charge in [0.2, 0.25) is 15.9 Å². The molecule has 42 heavy (non-hydrogen) atoms. The van der Waals surface area contributed by atoms with Gasteiger partial charge in [0.1, 0.15) is 0 Å². The van der Waals surface area contributed by atoms with Crippen molar-refractivity contribution < 1.29 is 13.2 Å². The highest BCUT2D eigenvalue weighted by molar-refractivity contribution is 9.10. The average Bonchev–Trinajstić information content (AvgIpc) is 3.47. The molecule has 0 aliphatic carbocycles. The molecule has 0 unspecified atom stereocenters. The van der Waals surface area contributed by atoms with E-state index >= 15 is 0 Å². The summed E-state index contributed by atoms with van der Waals surface area (Å²) in [5, 5.41) is 5.00. The number of hydrogen-bond acceptors (Lipinski definition) is 7. The minimum atomic E-state index is -3.29. The third-order valence-electron chi connectivity index (χ3n) is 8.57. The Morgan fingerprint density at radius 1 is 1.05 bits per heavy atom. The van der Waals surface area contributed by atoms with E-state index in [9.17, 15) is 13.2 Å². The molecule has 1 saturated heterocycles. The van der Waals surface area contributed by atoms with Gasteiger partial charge in [-0.3, -0.25) is 13.8 Å². The summed E-state index contributed by atoms with van der Waals surface area (Å²) in [5.74, 6) is 0.507. The van der Waals surface area contributed by atoms with Crippen LogP contribution in [0.2, 0.25) is 0 Å². The van der Waals surface area contributed by atoms with Crippen molar-refractivity contribution in [2.45, 2.75) is 44.8 Å². The molecule has 0 bridgehead atoms. The van der Waals surface area contributed by atoms with Gasteiger partial charge in [-0.2, -0.15) is 14.4 Å². The van der Waals surface area contributed by atoms with Gasteiger partial charge in [-0.15, -0.1) is 0 Å². The van der Waals surface area contributed by atoms with Gasteiger partial charge in [-0.1, -0.05) is 28.1 Å². The highest BCUT2D eigenvalue weighted by Crippen LogP contribution is 2.32. The molecule has 6 rings (SSSR count). The minimum Gasteiger partial charge on any atom is -0.481 e. The fraction of sp³-hybridized carbons (Fsp3) is 0.483. The lowest BCUT2D eigenvalue weighted by molar-refractivity contribution is 0.181. The highest BCUT2D eigenvalue weighted by atomic mass is 79.9. The molecule has 0 spiro atoms. The molecule has 2 aliphatic heterocycles. The topological polar surface area (TPSA) is 107 Å². The first-order chi connectivity index (χ1) is 20.1. The van der Waals surface area contributed by atoms with Crippen molar-refractivity contribution in [2.75, 3.05) is 39.5 Å². The van der Waals surface area contributed by atoms with Crippen LogP contribution in [0.4, 0.5) is 0 Å². The number of rotatable bonds is 8. The molecule has 0 radical (unpaired) electrons. The summed E-state index contributed by atoms with van der Waals surface area (Å²) >= 11 is 3.50. The van der Waals surface area contributed by atoms with E-state index in [1.807, 2.05) is 34.9 Å². The molecule has 0 atom stereocenters. The number of hydrogen-bond donors (Lipinski definition) is 0. The van der Waals surface area contributed by atoms with Gasteiger partial charge in [-0.25, -0.2) is 13.2 Å². The van der Waals surface area contributed by atoms with Crippen LogP contribution in [0.1, 0.15) is 36.6 Å². The van der Waals surface area contributed by atoms with Gasteiger partial charge in [0.15, 0.2) is 5.65 Å². The Hall–Kier alpha value is -3.00. The lowest BCUT2D eigenvalue weighted by atomic mass is 10.0. The lowest BCUT2D eigenvalue weighted by Gasteiger charge is -2.32. The Bertz CT molecular complexity index is 1770. The van der Waals surface area contributed by atoms with Crippen LogP contribution in [0.5, 0.6) is 5.88 Å². The molecule has 4 aromatic rings. The number of piperidine rings is 1. The largest absolute Gasteiger partial charge is 0.481 e. The highest BCUT2D eigenvalue weighted by Gasteiger charge is 2.30. The van der Waals surface area contributed by atoms with Gasteiger partial charge >= 0.3 is 5.69 Å². The number of halogens is 1. The normalized spacial score (nSPS) is 17.1. The van der Waals surface area contributed by atoms with Crippen molar-refractivity contribution in [1.29, 1.82) is 0 Å². The molecule has 5 heterocycles. The zero-order chi connectivity index (χ0) is 29.6. The number of nitrogens with zero attached hydrogens (tertiary/aromatic N) is 7. The lowest BCUT2D eigenvalue weighted by Crippen LogP contribution is -2.38. The summed E-state index contributed by atoms with van der Waals surface area (Å²) in [6, 6.07) is 11.8. The van der Waals surface area contributed by atoms with Gasteiger partial charge < -0.3 is 9.64 Å². The number of sulfonamides is 1. The summed E-state index contributed by atoms with van der Waals surface area (Å²) in [4.78, 5) is 20.1. The van der Waals surface area contributed by atoms with E-state index < -0.39 is 10.0 Å². The summed E-state index contributed by atoms with van der Waals surface area (Å²) in [6.07, 6.45) is 4.61. The second-order valence-electron chi connectivity index (χ2n) is 11.2. The van der Waals surface area contributed by atoms with Crippen molar-refractivity contribution in [3.05, 3.63) is 62.6 Å². The van der Waals surface area contributed by atoms with Crippen LogP contribution >= 0.6 is 15.9 Å². The van der Waals surface area contributed by atoms with Crippen LogP contribution in [0.3, 0.4) is 0 Å². The van der Waals surface area contributed by atoms with Crippen LogP contribution < -0.4 is 10.4 Å². The van der Waals surface area contributed by atoms with Gasteiger partial charge in [0.25, 0.3) is 0 Å². The fourth-order valence-electron chi connectivity index (χ4n) is 6.28. The third-order valence-corrected chi connectivity index (χ3v) is 10.4. The fourth-order valence-corrected chi connectivity index (χ4v) is 7.33. The Labute approximate surface area is 253 Å². The number of likely N-dealkylation sites (tertiary alicyclic amines) is 1. The van der Waals surface area contributed by atoms with Crippen molar-refractivity contribution in [3.63, 3.8) is 0 Å². The number of imidazole rings is 1. The van der Waals surface area contributed by atoms with E-state index in [4.69, 9.17) is 9.84 Å². The average molecular weight is 659 g/mol. The van der Waals surface area contributed by atoms with Gasteiger partial charge in [0, 0.05) is 79.6 Å². The molecule has 1 aromatic carbocycles. The molecule has 0 saturated carbocycles. The second kappa shape index (κ2) is 11.6. The Kier molecular flexibility index (Phi) is 8.03. The monoisotopic (exact) mass is 657 g/mol. The van der Waals surface area contributed by atoms with Crippen molar-refractivity contribution in [3.8, 4) is 17.1 Å². The predicted octanol–water partition coefficient (Wildman–Crippen LogP) is 3.41. The van der Waals surface area contributed by atoms with Crippen molar-refractivity contribution in [1.82, 2.24) is 33.1 Å². The van der Waals surface area contributed by atoms with Crippen LogP contribution in [-0.2, 0) is 36.6 Å². The molecule has 3 aromatic heterocycles. The molecule has 2 aliphatic rings. The zero-order valence-corrected chi connectivity index (χ0v) is 26.6. The maximum atomic E-state index is 13.1. The van der Waals surface area contributed by atoms with Crippen LogP contribution in [0.25, 0.3) is 22.4 Å². The molecule has 224 valence electrons. The summed E-state index contributed by atoms with van der Waals surface area (Å²) < 4.78 is 38.1. The SMILES string of the molecule is COc1ccc2c(n1)n(C1CCN(CCCn3nc(-c4ccc(Br)cc4)c4c3CCN(S(C)(=O)=O)C4)CC1)c(=O)n2C. The Morgan fingerprint density at radius 3 is 2.48 bits per heavy atom. The number of pyridine rings is 1. The van der Waals surface area contributed by atoms with Crippen molar-refractivity contribution in [2.24, 2.45) is 7.05 Å². The van der Waals surface area contributed by atoms with E-state index in [2.05, 4.69) is 30.5 Å². The molecule has 11 nitrogen and oxygen atoms in total. The standard InChI is InChI=1S/C29H36BrN7O4S/c1-33-25-9-10-26(41-2)31-28(25)37(29(33)38)22-11-16-34(17-12-22)14-4-15-36-24-13-18-35(42(3,39)40)19-23(24)27(32-36)20-5-7-21(30)8-6-20/h5-10,22H,4,11-19H2,1-3H3. The maximum Gasteiger partial charge on any atom is 0.330 e. The first-order valence-corrected chi connectivity index (χ1v) is 16.9. The molecule has 0 N–H and O–H groups in total. The molecule has 1 fully saturated rings. The van der Waals surface area contributed by atoms with Gasteiger partial charge in [0.05, 0.1) is 24.6 Å². The smallest absolute Gasteiger partial charge is 0.330 e. The molecular formula is C29H36BrN7O4S. The number of fused-ring (bicyclic) bond motifs is 2. The maximum absolute atomic E-state index is 13.1. The summed E-state index contributed by atoms with van der Waals surface area (Å²) in [5.41, 5.74) is 5.43. The van der Waals surface area contributed by atoms with E-state index in [-0.39, 0.29) is 11.7 Å². The molecule has 13 heteroatoms. The summed E-state index contributed by atoms with van der Waals surface area (Å²) in [6.45, 7) is 4.33. The molecule has 0 amide bonds. The number of aryl methyl sites for hydroxylation is 2. The second-order valence-corrected chi connectivity index (χ2v) is 14.1. The first-order valence-electron chi connectivity index (χ1n) is 14.3. The van der Waals surface area contributed by atoms with Gasteiger partial charge in [-0.05, 0) is 44.0 Å². The minimum absolute atomic E-state index is 0.0383. The molecular weight excluding hydrogens is 622 g/mol. The predicted molar refractivity (Wildman–Crippen MR) is 165 cm³/mol. The zero-order valence-electron chi connectivity index (χ0n) is 24.2. The van der Waals surface area contributed by atoms with Crippen LogP contribution in [0.15, 0.2) is 45.7 Å². The van der Waals surface area contributed by atoms with E-state index in [0.717, 1.165) is 77.9 Å². The van der Waals surface area contributed by atoms with Crippen LogP contribution in [-0.4, -0.2) is 81.1 Å². The Balaban J connectivity index is 1.13. The van der Waals surface area contributed by atoms with E-state index in [1.165, 1.54) is 6.26 Å². The van der Waals surface area contributed by atoms with E-state index in [1.54, 1.807) is 29.1 Å². The summed E-state index contributed by atoms with van der Waals surface area (Å²) in [7, 11) is 0.0882. The van der Waals surface area contributed by atoms with E-state index in [0.29, 0.717) is 31.0 Å². The van der Waals surface area contributed by atoms with Crippen molar-refractivity contribution >= 4 is 37.1 Å².